The minimum absolute atomic E-state index is 0.210. The highest BCUT2D eigenvalue weighted by molar-refractivity contribution is 5.71. The van der Waals surface area contributed by atoms with E-state index in [9.17, 15) is 4.79 Å². The molecule has 1 aliphatic carbocycles. The number of piperidine rings is 1. The Labute approximate surface area is 115 Å². The lowest BCUT2D eigenvalue weighted by atomic mass is 9.82. The van der Waals surface area contributed by atoms with E-state index in [4.69, 9.17) is 4.74 Å². The Morgan fingerprint density at radius 2 is 1.95 bits per heavy atom. The Morgan fingerprint density at radius 1 is 1.26 bits per heavy atom. The average molecular weight is 266 g/mol. The topological polar surface area (TPSA) is 41.6 Å². The quantitative estimate of drug-likeness (QED) is 0.835. The predicted molar refractivity (Wildman–Crippen MR) is 74.1 cm³/mol. The molecule has 3 fully saturated rings. The van der Waals surface area contributed by atoms with Gasteiger partial charge in [-0.25, -0.2) is 4.79 Å². The molecule has 1 N–H and O–H groups in total. The summed E-state index contributed by atoms with van der Waals surface area (Å²) in [5.74, 6) is 0. The van der Waals surface area contributed by atoms with Gasteiger partial charge in [0.05, 0.1) is 6.04 Å². The van der Waals surface area contributed by atoms with Gasteiger partial charge in [-0.3, -0.25) is 0 Å². The van der Waals surface area contributed by atoms with E-state index in [-0.39, 0.29) is 17.7 Å². The predicted octanol–water partition coefficient (Wildman–Crippen LogP) is 2.67. The Bertz CT molecular complexity index is 331. The SMILES string of the molecule is CCC1NC(=O)OC12CCN(C1CCCCC1)CC2. The zero-order valence-electron chi connectivity index (χ0n) is 12.0. The van der Waals surface area contributed by atoms with Gasteiger partial charge in [0.25, 0.3) is 0 Å². The van der Waals surface area contributed by atoms with Crippen LogP contribution in [-0.2, 0) is 4.74 Å². The zero-order chi connectivity index (χ0) is 13.3. The monoisotopic (exact) mass is 266 g/mol. The van der Waals surface area contributed by atoms with Crippen molar-refractivity contribution in [2.45, 2.75) is 76.0 Å². The highest BCUT2D eigenvalue weighted by Crippen LogP contribution is 2.37. The summed E-state index contributed by atoms with van der Waals surface area (Å²) in [6, 6.07) is 1.00. The van der Waals surface area contributed by atoms with E-state index in [1.807, 2.05) is 0 Å². The van der Waals surface area contributed by atoms with Crippen molar-refractivity contribution in [2.75, 3.05) is 13.1 Å². The Hall–Kier alpha value is -0.770. The maximum Gasteiger partial charge on any atom is 0.408 e. The van der Waals surface area contributed by atoms with Crippen LogP contribution in [0.3, 0.4) is 0 Å². The van der Waals surface area contributed by atoms with Gasteiger partial charge in [0, 0.05) is 32.0 Å². The molecule has 0 aromatic carbocycles. The van der Waals surface area contributed by atoms with E-state index in [1.54, 1.807) is 0 Å². The van der Waals surface area contributed by atoms with Gasteiger partial charge < -0.3 is 15.0 Å². The molecule has 4 heteroatoms. The summed E-state index contributed by atoms with van der Waals surface area (Å²) in [7, 11) is 0. The van der Waals surface area contributed by atoms with Gasteiger partial charge in [-0.05, 0) is 19.3 Å². The van der Waals surface area contributed by atoms with E-state index in [2.05, 4.69) is 17.1 Å². The lowest BCUT2D eigenvalue weighted by Crippen LogP contribution is -2.54. The molecule has 2 aliphatic heterocycles. The Morgan fingerprint density at radius 3 is 2.58 bits per heavy atom. The van der Waals surface area contributed by atoms with Gasteiger partial charge in [-0.2, -0.15) is 0 Å². The van der Waals surface area contributed by atoms with E-state index in [0.29, 0.717) is 0 Å². The van der Waals surface area contributed by atoms with Crippen molar-refractivity contribution in [1.29, 1.82) is 0 Å². The van der Waals surface area contributed by atoms with Gasteiger partial charge in [0.1, 0.15) is 5.60 Å². The number of carbonyl (C=O) groups is 1. The first-order chi connectivity index (χ1) is 9.23. The summed E-state index contributed by atoms with van der Waals surface area (Å²) in [6.07, 6.45) is 9.67. The largest absolute Gasteiger partial charge is 0.441 e. The minimum Gasteiger partial charge on any atom is -0.441 e. The maximum absolute atomic E-state index is 11.5. The third kappa shape index (κ3) is 2.47. The second kappa shape index (κ2) is 5.31. The highest BCUT2D eigenvalue weighted by atomic mass is 16.6. The number of carbonyl (C=O) groups excluding carboxylic acids is 1. The first-order valence-corrected chi connectivity index (χ1v) is 7.97. The van der Waals surface area contributed by atoms with Crippen LogP contribution in [0.1, 0.15) is 58.3 Å². The van der Waals surface area contributed by atoms with Gasteiger partial charge in [0.2, 0.25) is 0 Å². The standard InChI is InChI=1S/C15H26N2O2/c1-2-13-15(19-14(18)16-13)8-10-17(11-9-15)12-6-4-3-5-7-12/h12-13H,2-11H2,1H3,(H,16,18). The molecule has 108 valence electrons. The lowest BCUT2D eigenvalue weighted by Gasteiger charge is -2.44. The molecular formula is C15H26N2O2. The highest BCUT2D eigenvalue weighted by Gasteiger charge is 2.50. The van der Waals surface area contributed by atoms with Crippen LogP contribution in [0.25, 0.3) is 0 Å². The van der Waals surface area contributed by atoms with Gasteiger partial charge in [-0.15, -0.1) is 0 Å². The average Bonchev–Trinajstić information content (AvgIpc) is 2.76. The number of hydrogen-bond acceptors (Lipinski definition) is 3. The first-order valence-electron chi connectivity index (χ1n) is 7.97. The number of rotatable bonds is 2. The van der Waals surface area contributed by atoms with Crippen molar-refractivity contribution in [1.82, 2.24) is 10.2 Å². The molecule has 19 heavy (non-hydrogen) atoms. The van der Waals surface area contributed by atoms with Gasteiger partial charge >= 0.3 is 6.09 Å². The molecule has 0 radical (unpaired) electrons. The van der Waals surface area contributed by atoms with Crippen molar-refractivity contribution < 1.29 is 9.53 Å². The minimum atomic E-state index is -0.211. The number of alkyl carbamates (subject to hydrolysis) is 1. The van der Waals surface area contributed by atoms with E-state index in [0.717, 1.165) is 38.4 Å². The molecule has 4 nitrogen and oxygen atoms in total. The summed E-state index contributed by atoms with van der Waals surface area (Å²) in [5.41, 5.74) is -0.211. The van der Waals surface area contributed by atoms with Crippen LogP contribution in [0.15, 0.2) is 0 Å². The second-order valence-electron chi connectivity index (χ2n) is 6.39. The van der Waals surface area contributed by atoms with Crippen molar-refractivity contribution in [3.63, 3.8) is 0 Å². The fraction of sp³-hybridized carbons (Fsp3) is 0.933. The molecule has 3 aliphatic rings. The Balaban J connectivity index is 1.60. The van der Waals surface area contributed by atoms with Crippen LogP contribution in [0.5, 0.6) is 0 Å². The van der Waals surface area contributed by atoms with Crippen molar-refractivity contribution in [3.05, 3.63) is 0 Å². The van der Waals surface area contributed by atoms with E-state index < -0.39 is 0 Å². The number of ether oxygens (including phenoxy) is 1. The molecular weight excluding hydrogens is 240 g/mol. The van der Waals surface area contributed by atoms with E-state index in [1.165, 1.54) is 32.1 Å². The van der Waals surface area contributed by atoms with E-state index >= 15 is 0 Å². The van der Waals surface area contributed by atoms with Crippen molar-refractivity contribution in [3.8, 4) is 0 Å². The van der Waals surface area contributed by atoms with Crippen LogP contribution >= 0.6 is 0 Å². The van der Waals surface area contributed by atoms with Crippen LogP contribution in [0.4, 0.5) is 4.79 Å². The van der Waals surface area contributed by atoms with Crippen LogP contribution in [-0.4, -0.2) is 41.8 Å². The summed E-state index contributed by atoms with van der Waals surface area (Å²) in [4.78, 5) is 14.2. The number of hydrogen-bond donors (Lipinski definition) is 1. The molecule has 0 aromatic rings. The van der Waals surface area contributed by atoms with Crippen molar-refractivity contribution >= 4 is 6.09 Å². The maximum atomic E-state index is 11.5. The third-order valence-electron chi connectivity index (χ3n) is 5.37. The molecule has 2 saturated heterocycles. The summed E-state index contributed by atoms with van der Waals surface area (Å²) in [6.45, 7) is 4.32. The first kappa shape index (κ1) is 13.2. The summed E-state index contributed by atoms with van der Waals surface area (Å²) >= 11 is 0. The second-order valence-corrected chi connectivity index (χ2v) is 6.39. The number of amides is 1. The fourth-order valence-corrected chi connectivity index (χ4v) is 4.20. The number of likely N-dealkylation sites (tertiary alicyclic amines) is 1. The van der Waals surface area contributed by atoms with Crippen molar-refractivity contribution in [2.24, 2.45) is 0 Å². The van der Waals surface area contributed by atoms with Crippen LogP contribution in [0, 0.1) is 0 Å². The number of nitrogens with one attached hydrogen (secondary N) is 1. The lowest BCUT2D eigenvalue weighted by molar-refractivity contribution is -0.0319. The van der Waals surface area contributed by atoms with Gasteiger partial charge in [0.15, 0.2) is 0 Å². The molecule has 2 heterocycles. The fourth-order valence-electron chi connectivity index (χ4n) is 4.20. The molecule has 1 saturated carbocycles. The third-order valence-corrected chi connectivity index (χ3v) is 5.37. The smallest absolute Gasteiger partial charge is 0.408 e. The van der Waals surface area contributed by atoms with Gasteiger partial charge in [-0.1, -0.05) is 26.2 Å². The normalized spacial score (nSPS) is 32.3. The van der Waals surface area contributed by atoms with Crippen LogP contribution in [0.2, 0.25) is 0 Å². The molecule has 1 amide bonds. The Kier molecular flexibility index (Phi) is 3.70. The molecule has 0 aromatic heterocycles. The van der Waals surface area contributed by atoms with Crippen LogP contribution < -0.4 is 5.32 Å². The molecule has 0 bridgehead atoms. The summed E-state index contributed by atoms with van der Waals surface area (Å²) in [5, 5.41) is 2.98. The molecule has 1 spiro atoms. The zero-order valence-corrected chi connectivity index (χ0v) is 12.0. The number of nitrogens with zero attached hydrogens (tertiary/aromatic N) is 1. The molecule has 1 atom stereocenters. The molecule has 1 unspecified atom stereocenters. The molecule has 3 rings (SSSR count). The summed E-state index contributed by atoms with van der Waals surface area (Å²) < 4.78 is 5.65.